The van der Waals surface area contributed by atoms with Crippen LogP contribution < -0.4 is 5.56 Å². The van der Waals surface area contributed by atoms with E-state index in [1.165, 1.54) is 12.1 Å². The van der Waals surface area contributed by atoms with E-state index >= 15 is 0 Å². The van der Waals surface area contributed by atoms with Gasteiger partial charge < -0.3 is 14.8 Å². The highest BCUT2D eigenvalue weighted by atomic mass is 19.1. The minimum absolute atomic E-state index is 0.0168. The summed E-state index contributed by atoms with van der Waals surface area (Å²) in [4.78, 5) is 19.9. The number of nitrogens with zero attached hydrogens (tertiary/aromatic N) is 4. The predicted molar refractivity (Wildman–Crippen MR) is 115 cm³/mol. The summed E-state index contributed by atoms with van der Waals surface area (Å²) < 4.78 is 20.4. The van der Waals surface area contributed by atoms with Gasteiger partial charge in [0.15, 0.2) is 11.4 Å². The summed E-state index contributed by atoms with van der Waals surface area (Å²) in [5.41, 5.74) is 3.42. The number of fused-ring (bicyclic) bond motifs is 2. The van der Waals surface area contributed by atoms with E-state index in [1.54, 1.807) is 10.6 Å². The summed E-state index contributed by atoms with van der Waals surface area (Å²) in [5.74, 6) is 0.523. The van der Waals surface area contributed by atoms with E-state index in [-0.39, 0.29) is 11.4 Å². The number of benzene rings is 1. The van der Waals surface area contributed by atoms with Crippen molar-refractivity contribution in [3.63, 3.8) is 0 Å². The molecule has 2 aliphatic heterocycles. The average Bonchev–Trinajstić information content (AvgIpc) is 3.18. The SMILES string of the molecule is Cc1nc2n(c(=O)c1CCN1CCC(c3noc4cc(F)ccc34)CC1)CCCC2=N. The molecule has 0 spiro atoms. The molecule has 0 aliphatic carbocycles. The van der Waals surface area contributed by atoms with Crippen LogP contribution in [0.3, 0.4) is 0 Å². The van der Waals surface area contributed by atoms with Crippen molar-refractivity contribution < 1.29 is 8.91 Å². The Labute approximate surface area is 179 Å². The summed E-state index contributed by atoms with van der Waals surface area (Å²) in [5, 5.41) is 13.2. The number of halogens is 1. The third kappa shape index (κ3) is 3.69. The number of hydrogen-bond acceptors (Lipinski definition) is 6. The standard InChI is InChI=1S/C23H26FN5O2/c1-14-17(23(30)29-9-2-3-19(25)22(29)26-14)8-12-28-10-6-15(7-11-28)21-18-5-4-16(24)13-20(18)31-27-21/h4-5,13,15,25H,2-3,6-12H2,1H3. The van der Waals surface area contributed by atoms with Gasteiger partial charge in [-0.05, 0) is 64.3 Å². The van der Waals surface area contributed by atoms with E-state index in [9.17, 15) is 9.18 Å². The second kappa shape index (κ2) is 8.00. The molecule has 0 bridgehead atoms. The lowest BCUT2D eigenvalue weighted by Crippen LogP contribution is -2.38. The van der Waals surface area contributed by atoms with Crippen molar-refractivity contribution in [1.82, 2.24) is 19.6 Å². The van der Waals surface area contributed by atoms with Gasteiger partial charge in [-0.1, -0.05) is 5.16 Å². The maximum absolute atomic E-state index is 13.4. The van der Waals surface area contributed by atoms with E-state index in [0.29, 0.717) is 42.4 Å². The van der Waals surface area contributed by atoms with Crippen molar-refractivity contribution >= 4 is 16.7 Å². The molecule has 0 amide bonds. The first-order valence-electron chi connectivity index (χ1n) is 11.0. The van der Waals surface area contributed by atoms with E-state index in [4.69, 9.17) is 9.93 Å². The molecule has 162 valence electrons. The zero-order valence-corrected chi connectivity index (χ0v) is 17.7. The van der Waals surface area contributed by atoms with Crippen molar-refractivity contribution in [2.45, 2.75) is 51.5 Å². The van der Waals surface area contributed by atoms with Gasteiger partial charge in [0, 0.05) is 41.7 Å². The molecule has 5 rings (SSSR count). The van der Waals surface area contributed by atoms with Gasteiger partial charge in [0.25, 0.3) is 5.56 Å². The first-order chi connectivity index (χ1) is 15.0. The average molecular weight is 423 g/mol. The van der Waals surface area contributed by atoms with Crippen molar-refractivity contribution in [2.75, 3.05) is 19.6 Å². The number of likely N-dealkylation sites (tertiary alicyclic amines) is 1. The molecule has 2 aliphatic rings. The number of nitrogens with one attached hydrogen (secondary N) is 1. The maximum Gasteiger partial charge on any atom is 0.257 e. The molecular weight excluding hydrogens is 397 g/mol. The molecule has 7 nitrogen and oxygen atoms in total. The first kappa shape index (κ1) is 20.1. The molecule has 0 unspecified atom stereocenters. The summed E-state index contributed by atoms with van der Waals surface area (Å²) in [6, 6.07) is 4.59. The van der Waals surface area contributed by atoms with Gasteiger partial charge in [-0.25, -0.2) is 9.37 Å². The molecule has 1 fully saturated rings. The largest absolute Gasteiger partial charge is 0.356 e. The highest BCUT2D eigenvalue weighted by Crippen LogP contribution is 2.32. The van der Waals surface area contributed by atoms with Gasteiger partial charge in [0.1, 0.15) is 5.82 Å². The fourth-order valence-corrected chi connectivity index (χ4v) is 4.88. The smallest absolute Gasteiger partial charge is 0.257 e. The molecule has 1 aromatic carbocycles. The number of aryl methyl sites for hydroxylation is 1. The van der Waals surface area contributed by atoms with Crippen LogP contribution in [0.25, 0.3) is 11.0 Å². The zero-order valence-electron chi connectivity index (χ0n) is 17.7. The van der Waals surface area contributed by atoms with E-state index in [1.807, 2.05) is 6.92 Å². The highest BCUT2D eigenvalue weighted by Gasteiger charge is 2.26. The molecular formula is C23H26FN5O2. The van der Waals surface area contributed by atoms with Crippen LogP contribution in [0.15, 0.2) is 27.5 Å². The van der Waals surface area contributed by atoms with E-state index < -0.39 is 0 Å². The van der Waals surface area contributed by atoms with Gasteiger partial charge in [0.05, 0.1) is 11.4 Å². The van der Waals surface area contributed by atoms with Crippen LogP contribution in [-0.4, -0.2) is 45.0 Å². The quantitative estimate of drug-likeness (QED) is 0.695. The van der Waals surface area contributed by atoms with Gasteiger partial charge in [-0.2, -0.15) is 0 Å². The van der Waals surface area contributed by atoms with Crippen LogP contribution >= 0.6 is 0 Å². The zero-order chi connectivity index (χ0) is 21.5. The number of rotatable bonds is 4. The molecule has 1 saturated heterocycles. The molecule has 2 aromatic heterocycles. The van der Waals surface area contributed by atoms with Crippen LogP contribution in [0.5, 0.6) is 0 Å². The van der Waals surface area contributed by atoms with Crippen LogP contribution in [0.2, 0.25) is 0 Å². The van der Waals surface area contributed by atoms with Crippen molar-refractivity contribution in [3.05, 3.63) is 57.1 Å². The fourth-order valence-electron chi connectivity index (χ4n) is 4.88. The predicted octanol–water partition coefficient (Wildman–Crippen LogP) is 3.42. The summed E-state index contributed by atoms with van der Waals surface area (Å²) in [6.45, 7) is 5.18. The Morgan fingerprint density at radius 3 is 2.87 bits per heavy atom. The minimum atomic E-state index is -0.315. The van der Waals surface area contributed by atoms with Crippen molar-refractivity contribution in [1.29, 1.82) is 5.41 Å². The highest BCUT2D eigenvalue weighted by molar-refractivity contribution is 5.95. The Kier molecular flexibility index (Phi) is 5.17. The van der Waals surface area contributed by atoms with Gasteiger partial charge in [-0.15, -0.1) is 0 Å². The van der Waals surface area contributed by atoms with Gasteiger partial charge >= 0.3 is 0 Å². The van der Waals surface area contributed by atoms with Crippen LogP contribution in [0, 0.1) is 18.2 Å². The Hall–Kier alpha value is -2.87. The Balaban J connectivity index is 1.24. The Morgan fingerprint density at radius 1 is 1.26 bits per heavy atom. The first-order valence-corrected chi connectivity index (χ1v) is 11.0. The normalized spacial score (nSPS) is 17.9. The molecule has 0 saturated carbocycles. The second-order valence-electron chi connectivity index (χ2n) is 8.61. The van der Waals surface area contributed by atoms with E-state index in [0.717, 1.165) is 61.2 Å². The number of piperidine rings is 1. The summed E-state index contributed by atoms with van der Waals surface area (Å²) in [7, 11) is 0. The maximum atomic E-state index is 13.4. The molecule has 8 heteroatoms. The Bertz CT molecular complexity index is 1210. The molecule has 0 atom stereocenters. The van der Waals surface area contributed by atoms with Crippen molar-refractivity contribution in [3.8, 4) is 0 Å². The molecule has 1 N–H and O–H groups in total. The number of aromatic nitrogens is 3. The van der Waals surface area contributed by atoms with Gasteiger partial charge in [0.2, 0.25) is 0 Å². The topological polar surface area (TPSA) is 88.0 Å². The lowest BCUT2D eigenvalue weighted by molar-refractivity contribution is 0.211. The fraction of sp³-hybridized carbons (Fsp3) is 0.478. The van der Waals surface area contributed by atoms with Crippen molar-refractivity contribution in [2.24, 2.45) is 0 Å². The lowest BCUT2D eigenvalue weighted by Gasteiger charge is -2.31. The Morgan fingerprint density at radius 2 is 2.06 bits per heavy atom. The summed E-state index contributed by atoms with van der Waals surface area (Å²) in [6.07, 6.45) is 4.10. The third-order valence-corrected chi connectivity index (χ3v) is 6.66. The molecule has 4 heterocycles. The van der Waals surface area contributed by atoms with Crippen LogP contribution in [-0.2, 0) is 13.0 Å². The third-order valence-electron chi connectivity index (χ3n) is 6.66. The monoisotopic (exact) mass is 423 g/mol. The number of hydrogen-bond donors (Lipinski definition) is 1. The minimum Gasteiger partial charge on any atom is -0.356 e. The molecule has 31 heavy (non-hydrogen) atoms. The lowest BCUT2D eigenvalue weighted by atomic mass is 9.91. The van der Waals surface area contributed by atoms with Gasteiger partial charge in [-0.3, -0.25) is 9.36 Å². The van der Waals surface area contributed by atoms with Crippen LogP contribution in [0.4, 0.5) is 4.39 Å². The summed E-state index contributed by atoms with van der Waals surface area (Å²) >= 11 is 0. The van der Waals surface area contributed by atoms with E-state index in [2.05, 4.69) is 15.0 Å². The molecule has 3 aromatic rings. The second-order valence-corrected chi connectivity index (χ2v) is 8.61. The van der Waals surface area contributed by atoms with Crippen LogP contribution in [0.1, 0.15) is 54.4 Å². The molecule has 0 radical (unpaired) electrons.